The first kappa shape index (κ1) is 26.3. The first-order chi connectivity index (χ1) is 19.7. The normalized spacial score (nSPS) is 22.4. The van der Waals surface area contributed by atoms with E-state index in [0.29, 0.717) is 24.3 Å². The third kappa shape index (κ3) is 5.14. The second kappa shape index (κ2) is 10.0. The van der Waals surface area contributed by atoms with Gasteiger partial charge in [0.15, 0.2) is 5.13 Å². The summed E-state index contributed by atoms with van der Waals surface area (Å²) in [5, 5.41) is 18.2. The van der Waals surface area contributed by atoms with Crippen LogP contribution in [0.25, 0.3) is 21.5 Å². The number of aromatic carboxylic acids is 1. The summed E-state index contributed by atoms with van der Waals surface area (Å²) in [7, 11) is 0. The molecule has 8 nitrogen and oxygen atoms in total. The lowest BCUT2D eigenvalue weighted by atomic mass is 9.97. The average molecular weight is 585 g/mol. The molecule has 2 aliphatic heterocycles. The lowest BCUT2D eigenvalue weighted by molar-refractivity contribution is -0.274. The average Bonchev–Trinajstić information content (AvgIpc) is 3.45. The van der Waals surface area contributed by atoms with E-state index in [4.69, 9.17) is 9.51 Å². The SMILES string of the molecule is O=C(O)c1ccc2nc(N3C4CCC3CC(NCc3c(-c5ccccc5OC(F)(F)F)noc3C3CC3)C4)sc2c1. The predicted molar refractivity (Wildman–Crippen MR) is 146 cm³/mol. The van der Waals surface area contributed by atoms with Crippen LogP contribution in [0.15, 0.2) is 47.0 Å². The molecule has 214 valence electrons. The van der Waals surface area contributed by atoms with Crippen molar-refractivity contribution >= 4 is 32.7 Å². The number of carboxylic acid groups (broad SMARTS) is 1. The molecule has 4 aromatic rings. The number of nitrogens with one attached hydrogen (secondary N) is 1. The van der Waals surface area contributed by atoms with E-state index in [1.54, 1.807) is 30.3 Å². The number of benzene rings is 2. The smallest absolute Gasteiger partial charge is 0.478 e. The van der Waals surface area contributed by atoms with E-state index in [1.807, 2.05) is 0 Å². The molecule has 2 saturated heterocycles. The van der Waals surface area contributed by atoms with E-state index < -0.39 is 12.3 Å². The highest BCUT2D eigenvalue weighted by molar-refractivity contribution is 7.22. The molecule has 2 atom stereocenters. The molecule has 1 aliphatic carbocycles. The van der Waals surface area contributed by atoms with Gasteiger partial charge < -0.3 is 24.6 Å². The van der Waals surface area contributed by atoms with Crippen LogP contribution >= 0.6 is 11.3 Å². The maximum atomic E-state index is 13.1. The monoisotopic (exact) mass is 584 g/mol. The molecule has 41 heavy (non-hydrogen) atoms. The van der Waals surface area contributed by atoms with Gasteiger partial charge in [-0.3, -0.25) is 0 Å². The number of ether oxygens (including phenoxy) is 1. The first-order valence-electron chi connectivity index (χ1n) is 13.7. The number of anilines is 1. The largest absolute Gasteiger partial charge is 0.573 e. The lowest BCUT2D eigenvalue weighted by Crippen LogP contribution is -2.49. The van der Waals surface area contributed by atoms with Gasteiger partial charge in [-0.25, -0.2) is 9.78 Å². The first-order valence-corrected chi connectivity index (χ1v) is 14.5. The number of halogens is 3. The zero-order valence-electron chi connectivity index (χ0n) is 21.9. The number of para-hydroxylation sites is 1. The zero-order chi connectivity index (χ0) is 28.3. The Hall–Kier alpha value is -3.64. The number of nitrogens with zero attached hydrogens (tertiary/aromatic N) is 3. The fraction of sp³-hybridized carbons (Fsp3) is 0.414. The van der Waals surface area contributed by atoms with E-state index in [1.165, 1.54) is 23.5 Å². The molecule has 2 aromatic heterocycles. The molecule has 2 N–H and O–H groups in total. The summed E-state index contributed by atoms with van der Waals surface area (Å²) >= 11 is 1.53. The summed E-state index contributed by atoms with van der Waals surface area (Å²) in [6.45, 7) is 0.439. The number of alkyl halides is 3. The highest BCUT2D eigenvalue weighted by Crippen LogP contribution is 2.46. The van der Waals surface area contributed by atoms with E-state index in [9.17, 15) is 23.1 Å². The van der Waals surface area contributed by atoms with Gasteiger partial charge in [-0.2, -0.15) is 0 Å². The van der Waals surface area contributed by atoms with Crippen LogP contribution in [0.4, 0.5) is 18.3 Å². The molecule has 0 amide bonds. The van der Waals surface area contributed by atoms with E-state index in [0.717, 1.165) is 65.2 Å². The van der Waals surface area contributed by atoms with Crippen molar-refractivity contribution in [3.63, 3.8) is 0 Å². The topological polar surface area (TPSA) is 101 Å². The van der Waals surface area contributed by atoms with Crippen LogP contribution in [0, 0.1) is 0 Å². The third-order valence-corrected chi connectivity index (χ3v) is 9.31. The molecule has 4 heterocycles. The molecule has 2 unspecified atom stereocenters. The van der Waals surface area contributed by atoms with Crippen molar-refractivity contribution in [1.82, 2.24) is 15.5 Å². The molecule has 3 aliphatic rings. The lowest BCUT2D eigenvalue weighted by Gasteiger charge is -2.39. The maximum Gasteiger partial charge on any atom is 0.573 e. The standard InChI is InChI=1S/C29H27F3N4O4S/c30-29(31,32)39-23-4-2-1-3-20(23)25-21(26(40-35-25)15-5-6-15)14-33-17-12-18-8-9-19(13-17)36(18)28-34-22-10-7-16(27(37)38)11-24(22)41-28/h1-4,7,10-11,15,17-19,33H,5-6,8-9,12-14H2,(H,37,38). The van der Waals surface area contributed by atoms with Crippen LogP contribution in [0.1, 0.15) is 66.1 Å². The molecule has 12 heteroatoms. The second-order valence-corrected chi connectivity index (χ2v) is 12.0. The Morgan fingerprint density at radius 1 is 1.12 bits per heavy atom. The van der Waals surface area contributed by atoms with Crippen molar-refractivity contribution in [2.24, 2.45) is 0 Å². The van der Waals surface area contributed by atoms with E-state index in [-0.39, 0.29) is 28.8 Å². The molecule has 7 rings (SSSR count). The minimum atomic E-state index is -4.81. The predicted octanol–water partition coefficient (Wildman–Crippen LogP) is 6.72. The fourth-order valence-corrected chi connectivity index (χ4v) is 7.45. The number of carboxylic acids is 1. The summed E-state index contributed by atoms with van der Waals surface area (Å²) in [5.74, 6) is -0.270. The van der Waals surface area contributed by atoms with Gasteiger partial charge in [0.2, 0.25) is 0 Å². The minimum absolute atomic E-state index is 0.216. The van der Waals surface area contributed by atoms with Crippen LogP contribution in [-0.2, 0) is 6.54 Å². The Labute approximate surface area is 237 Å². The number of hydrogen-bond acceptors (Lipinski definition) is 8. The van der Waals surface area contributed by atoms with Crippen LogP contribution in [0.2, 0.25) is 0 Å². The summed E-state index contributed by atoms with van der Waals surface area (Å²) in [5.41, 5.74) is 2.49. The van der Waals surface area contributed by atoms with Gasteiger partial charge in [0.25, 0.3) is 0 Å². The molecule has 0 spiro atoms. The molecular formula is C29H27F3N4O4S. The number of carbonyl (C=O) groups is 1. The van der Waals surface area contributed by atoms with Gasteiger partial charge in [0, 0.05) is 41.7 Å². The van der Waals surface area contributed by atoms with Crippen LogP contribution in [0.5, 0.6) is 5.75 Å². The van der Waals surface area contributed by atoms with Crippen LogP contribution in [-0.4, -0.2) is 45.7 Å². The van der Waals surface area contributed by atoms with Crippen molar-refractivity contribution in [3.05, 3.63) is 59.4 Å². The van der Waals surface area contributed by atoms with E-state index >= 15 is 0 Å². The Bertz CT molecular complexity index is 1600. The Kier molecular flexibility index (Phi) is 6.42. The molecule has 3 fully saturated rings. The maximum absolute atomic E-state index is 13.1. The summed E-state index contributed by atoms with van der Waals surface area (Å²) < 4.78 is 50.2. The van der Waals surface area contributed by atoms with Gasteiger partial charge >= 0.3 is 12.3 Å². The minimum Gasteiger partial charge on any atom is -0.478 e. The van der Waals surface area contributed by atoms with Gasteiger partial charge in [-0.15, -0.1) is 13.2 Å². The Balaban J connectivity index is 1.09. The number of aromatic nitrogens is 2. The van der Waals surface area contributed by atoms with Crippen LogP contribution in [0.3, 0.4) is 0 Å². The quantitative estimate of drug-likeness (QED) is 0.236. The summed E-state index contributed by atoms with van der Waals surface area (Å²) in [4.78, 5) is 18.6. The number of hydrogen-bond donors (Lipinski definition) is 2. The second-order valence-electron chi connectivity index (χ2n) is 11.0. The van der Waals surface area contributed by atoms with E-state index in [2.05, 4.69) is 20.1 Å². The molecular weight excluding hydrogens is 557 g/mol. The van der Waals surface area contributed by atoms with Crippen molar-refractivity contribution < 1.29 is 32.3 Å². The van der Waals surface area contributed by atoms with Gasteiger partial charge in [-0.05, 0) is 68.9 Å². The molecule has 1 saturated carbocycles. The highest BCUT2D eigenvalue weighted by atomic mass is 32.1. The Morgan fingerprint density at radius 3 is 2.59 bits per heavy atom. The molecule has 2 aromatic carbocycles. The third-order valence-electron chi connectivity index (χ3n) is 8.28. The van der Waals surface area contributed by atoms with Crippen LogP contribution < -0.4 is 15.0 Å². The highest BCUT2D eigenvalue weighted by Gasteiger charge is 2.42. The van der Waals surface area contributed by atoms with Gasteiger partial charge in [0.1, 0.15) is 17.2 Å². The number of piperidine rings is 1. The number of thiazole rings is 1. The van der Waals surface area contributed by atoms with Crippen molar-refractivity contribution in [1.29, 1.82) is 0 Å². The summed E-state index contributed by atoms with van der Waals surface area (Å²) in [6, 6.07) is 11.9. The van der Waals surface area contributed by atoms with Gasteiger partial charge in [0.05, 0.1) is 15.8 Å². The molecule has 2 bridgehead atoms. The zero-order valence-corrected chi connectivity index (χ0v) is 22.7. The van der Waals surface area contributed by atoms with Crippen molar-refractivity contribution in [3.8, 4) is 17.0 Å². The van der Waals surface area contributed by atoms with Crippen molar-refractivity contribution in [2.75, 3.05) is 4.90 Å². The molecule has 0 radical (unpaired) electrons. The van der Waals surface area contributed by atoms with Gasteiger partial charge in [-0.1, -0.05) is 28.6 Å². The van der Waals surface area contributed by atoms with Crippen molar-refractivity contribution in [2.45, 2.75) is 75.5 Å². The number of rotatable bonds is 8. The summed E-state index contributed by atoms with van der Waals surface area (Å²) in [6.07, 6.45) is 1.04. The number of fused-ring (bicyclic) bond motifs is 3. The fourth-order valence-electron chi connectivity index (χ4n) is 6.31. The Morgan fingerprint density at radius 2 is 1.88 bits per heavy atom.